The highest BCUT2D eigenvalue weighted by molar-refractivity contribution is 5.74. The van der Waals surface area contributed by atoms with Crippen molar-refractivity contribution in [3.05, 3.63) is 41.8 Å². The molecule has 1 unspecified atom stereocenters. The summed E-state index contributed by atoms with van der Waals surface area (Å²) in [5.41, 5.74) is 3.65. The van der Waals surface area contributed by atoms with Gasteiger partial charge in [0, 0.05) is 29.9 Å². The molecule has 2 heterocycles. The van der Waals surface area contributed by atoms with E-state index in [1.165, 1.54) is 61.9 Å². The van der Waals surface area contributed by atoms with Crippen LogP contribution in [0.4, 0.5) is 10.2 Å². The van der Waals surface area contributed by atoms with E-state index in [1.54, 1.807) is 12.1 Å². The SMILES string of the molecule is CCCCNC1Nc2c(c(-c3ccc(F)cc3)cn2C2CCCCC2)CN1C. The molecule has 1 fully saturated rings. The van der Waals surface area contributed by atoms with Gasteiger partial charge in [-0.05, 0) is 50.6 Å². The van der Waals surface area contributed by atoms with Gasteiger partial charge in [-0.3, -0.25) is 10.2 Å². The maximum Gasteiger partial charge on any atom is 0.136 e. The summed E-state index contributed by atoms with van der Waals surface area (Å²) < 4.78 is 15.9. The minimum atomic E-state index is -0.181. The van der Waals surface area contributed by atoms with Gasteiger partial charge in [-0.25, -0.2) is 4.39 Å². The molecule has 1 aliphatic carbocycles. The lowest BCUT2D eigenvalue weighted by molar-refractivity contribution is 0.207. The van der Waals surface area contributed by atoms with Crippen molar-refractivity contribution >= 4 is 5.82 Å². The van der Waals surface area contributed by atoms with Crippen LogP contribution in [0.2, 0.25) is 0 Å². The highest BCUT2D eigenvalue weighted by atomic mass is 19.1. The van der Waals surface area contributed by atoms with Crippen LogP contribution in [0.5, 0.6) is 0 Å². The number of benzene rings is 1. The van der Waals surface area contributed by atoms with Crippen molar-refractivity contribution < 1.29 is 4.39 Å². The van der Waals surface area contributed by atoms with E-state index in [0.717, 1.165) is 18.7 Å². The average Bonchev–Trinajstić information content (AvgIpc) is 3.08. The second-order valence-corrected chi connectivity index (χ2v) is 8.35. The molecular formula is C23H33FN4. The molecule has 4 nitrogen and oxygen atoms in total. The third-order valence-corrected chi connectivity index (χ3v) is 6.25. The standard InChI is InChI=1S/C23H33FN4/c1-3-4-14-25-23-26-22-21(15-27(23)2)20(17-10-12-18(24)13-11-17)16-28(22)19-8-6-5-7-9-19/h10-13,16,19,23,25-26H,3-9,14-15H2,1-2H3. The van der Waals surface area contributed by atoms with Gasteiger partial charge in [-0.1, -0.05) is 44.7 Å². The van der Waals surface area contributed by atoms with E-state index in [0.29, 0.717) is 6.04 Å². The molecule has 2 aromatic rings. The number of anilines is 1. The van der Waals surface area contributed by atoms with Crippen molar-refractivity contribution in [3.63, 3.8) is 0 Å². The third kappa shape index (κ3) is 3.96. The van der Waals surface area contributed by atoms with Crippen LogP contribution in [0, 0.1) is 5.82 Å². The molecule has 0 saturated heterocycles. The largest absolute Gasteiger partial charge is 0.343 e. The Morgan fingerprint density at radius 1 is 1.14 bits per heavy atom. The molecule has 1 aromatic carbocycles. The van der Waals surface area contributed by atoms with Crippen molar-refractivity contribution in [2.75, 3.05) is 18.9 Å². The van der Waals surface area contributed by atoms with Crippen LogP contribution < -0.4 is 10.6 Å². The molecule has 152 valence electrons. The van der Waals surface area contributed by atoms with Crippen LogP contribution >= 0.6 is 0 Å². The average molecular weight is 385 g/mol. The smallest absolute Gasteiger partial charge is 0.136 e. The van der Waals surface area contributed by atoms with E-state index >= 15 is 0 Å². The molecule has 0 spiro atoms. The number of rotatable bonds is 6. The zero-order valence-electron chi connectivity index (χ0n) is 17.2. The number of halogens is 1. The molecule has 1 aromatic heterocycles. The third-order valence-electron chi connectivity index (χ3n) is 6.25. The summed E-state index contributed by atoms with van der Waals surface area (Å²) in [6, 6.07) is 7.50. The summed E-state index contributed by atoms with van der Waals surface area (Å²) in [6.07, 6.45) is 11.3. The fourth-order valence-corrected chi connectivity index (χ4v) is 4.61. The fourth-order valence-electron chi connectivity index (χ4n) is 4.61. The van der Waals surface area contributed by atoms with Gasteiger partial charge >= 0.3 is 0 Å². The first kappa shape index (κ1) is 19.5. The molecule has 1 saturated carbocycles. The van der Waals surface area contributed by atoms with E-state index in [4.69, 9.17) is 0 Å². The monoisotopic (exact) mass is 384 g/mol. The lowest BCUT2D eigenvalue weighted by atomic mass is 9.95. The van der Waals surface area contributed by atoms with Crippen molar-refractivity contribution in [1.29, 1.82) is 0 Å². The Balaban J connectivity index is 1.69. The summed E-state index contributed by atoms with van der Waals surface area (Å²) >= 11 is 0. The zero-order valence-corrected chi connectivity index (χ0v) is 17.2. The summed E-state index contributed by atoms with van der Waals surface area (Å²) in [4.78, 5) is 2.33. The molecule has 5 heteroatoms. The van der Waals surface area contributed by atoms with E-state index < -0.39 is 0 Å². The summed E-state index contributed by atoms with van der Waals surface area (Å²) in [6.45, 7) is 4.13. The van der Waals surface area contributed by atoms with Gasteiger partial charge in [0.25, 0.3) is 0 Å². The number of hydrogen-bond acceptors (Lipinski definition) is 3. The minimum Gasteiger partial charge on any atom is -0.343 e. The maximum absolute atomic E-state index is 13.5. The number of aromatic nitrogens is 1. The Kier molecular flexibility index (Phi) is 6.02. The van der Waals surface area contributed by atoms with Crippen LogP contribution in [-0.4, -0.2) is 29.3 Å². The van der Waals surface area contributed by atoms with Crippen LogP contribution in [0.25, 0.3) is 11.1 Å². The van der Waals surface area contributed by atoms with Crippen LogP contribution in [0.3, 0.4) is 0 Å². The minimum absolute atomic E-state index is 0.150. The second kappa shape index (κ2) is 8.66. The second-order valence-electron chi connectivity index (χ2n) is 8.35. The topological polar surface area (TPSA) is 32.2 Å². The summed E-state index contributed by atoms with van der Waals surface area (Å²) in [7, 11) is 2.16. The Morgan fingerprint density at radius 2 is 1.89 bits per heavy atom. The maximum atomic E-state index is 13.5. The summed E-state index contributed by atoms with van der Waals surface area (Å²) in [5.74, 6) is 1.07. The van der Waals surface area contributed by atoms with Crippen LogP contribution in [0.1, 0.15) is 63.5 Å². The van der Waals surface area contributed by atoms with E-state index in [9.17, 15) is 4.39 Å². The first-order valence-electron chi connectivity index (χ1n) is 10.9. The van der Waals surface area contributed by atoms with Gasteiger partial charge in [-0.15, -0.1) is 0 Å². The number of unbranched alkanes of at least 4 members (excludes halogenated alkanes) is 1. The van der Waals surface area contributed by atoms with Gasteiger partial charge in [0.05, 0.1) is 0 Å². The van der Waals surface area contributed by atoms with E-state index in [-0.39, 0.29) is 12.1 Å². The normalized spacial score (nSPS) is 20.8. The Morgan fingerprint density at radius 3 is 2.61 bits per heavy atom. The van der Waals surface area contributed by atoms with Gasteiger partial charge < -0.3 is 9.88 Å². The predicted molar refractivity (Wildman–Crippen MR) is 114 cm³/mol. The molecule has 28 heavy (non-hydrogen) atoms. The van der Waals surface area contributed by atoms with Crippen LogP contribution in [0.15, 0.2) is 30.5 Å². The van der Waals surface area contributed by atoms with Gasteiger partial charge in [0.1, 0.15) is 17.9 Å². The molecule has 2 N–H and O–H groups in total. The Labute approximate surface area is 168 Å². The lowest BCUT2D eigenvalue weighted by Gasteiger charge is -2.37. The van der Waals surface area contributed by atoms with Crippen molar-refractivity contribution in [2.45, 2.75) is 70.7 Å². The van der Waals surface area contributed by atoms with Crippen LogP contribution in [-0.2, 0) is 6.54 Å². The molecule has 0 radical (unpaired) electrons. The zero-order chi connectivity index (χ0) is 19.5. The first-order valence-corrected chi connectivity index (χ1v) is 10.9. The quantitative estimate of drug-likeness (QED) is 0.660. The fraction of sp³-hybridized carbons (Fsp3) is 0.565. The molecular weight excluding hydrogens is 351 g/mol. The Hall–Kier alpha value is -1.85. The molecule has 4 rings (SSSR count). The predicted octanol–water partition coefficient (Wildman–Crippen LogP) is 5.33. The highest BCUT2D eigenvalue weighted by Gasteiger charge is 2.30. The lowest BCUT2D eigenvalue weighted by Crippen LogP contribution is -2.51. The van der Waals surface area contributed by atoms with Gasteiger partial charge in [-0.2, -0.15) is 0 Å². The molecule has 1 atom stereocenters. The van der Waals surface area contributed by atoms with Crippen molar-refractivity contribution in [2.24, 2.45) is 0 Å². The first-order chi connectivity index (χ1) is 13.7. The van der Waals surface area contributed by atoms with Gasteiger partial charge in [0.2, 0.25) is 0 Å². The van der Waals surface area contributed by atoms with E-state index in [1.807, 2.05) is 12.1 Å². The highest BCUT2D eigenvalue weighted by Crippen LogP contribution is 2.40. The molecule has 2 aliphatic rings. The number of nitrogens with zero attached hydrogens (tertiary/aromatic N) is 2. The molecule has 0 amide bonds. The number of nitrogens with one attached hydrogen (secondary N) is 2. The van der Waals surface area contributed by atoms with E-state index in [2.05, 4.69) is 40.3 Å². The van der Waals surface area contributed by atoms with Crippen molar-refractivity contribution in [3.8, 4) is 11.1 Å². The summed E-state index contributed by atoms with van der Waals surface area (Å²) in [5, 5.41) is 7.43. The molecule has 0 bridgehead atoms. The van der Waals surface area contributed by atoms with Gasteiger partial charge in [0.15, 0.2) is 0 Å². The molecule has 1 aliphatic heterocycles. The number of hydrogen-bond donors (Lipinski definition) is 2. The number of fused-ring (bicyclic) bond motifs is 1. The van der Waals surface area contributed by atoms with Crippen molar-refractivity contribution in [1.82, 2.24) is 14.8 Å². The Bertz CT molecular complexity index is 777.